The Hall–Kier alpha value is -3.67. The molecule has 2 heterocycles. The second-order valence-corrected chi connectivity index (χ2v) is 7.25. The summed E-state index contributed by atoms with van der Waals surface area (Å²) in [5.41, 5.74) is 2.95. The monoisotopic (exact) mass is 418 g/mol. The Morgan fingerprint density at radius 1 is 0.903 bits per heavy atom. The Morgan fingerprint density at radius 3 is 2.32 bits per heavy atom. The van der Waals surface area contributed by atoms with Crippen molar-refractivity contribution in [2.24, 2.45) is 0 Å². The lowest BCUT2D eigenvalue weighted by Crippen LogP contribution is -2.41. The molecule has 6 heteroatoms. The van der Waals surface area contributed by atoms with Crippen LogP contribution in [-0.2, 0) is 11.3 Å². The van der Waals surface area contributed by atoms with E-state index in [-0.39, 0.29) is 11.9 Å². The summed E-state index contributed by atoms with van der Waals surface area (Å²) in [4.78, 5) is 15.2. The van der Waals surface area contributed by atoms with E-state index < -0.39 is 0 Å². The van der Waals surface area contributed by atoms with Gasteiger partial charge in [-0.3, -0.25) is 4.79 Å². The minimum Gasteiger partial charge on any atom is -0.496 e. The zero-order valence-electron chi connectivity index (χ0n) is 17.9. The van der Waals surface area contributed by atoms with E-state index in [9.17, 15) is 4.79 Å². The normalized spacial score (nSPS) is 15.6. The lowest BCUT2D eigenvalue weighted by molar-refractivity contribution is -0.128. The van der Waals surface area contributed by atoms with E-state index in [1.807, 2.05) is 29.2 Å². The summed E-state index contributed by atoms with van der Waals surface area (Å²) in [6, 6.07) is 17.7. The molecular weight excluding hydrogens is 392 g/mol. The molecule has 3 aromatic rings. The number of carbonyl (C=O) groups excluding carboxylic acids is 1. The van der Waals surface area contributed by atoms with E-state index in [0.29, 0.717) is 23.8 Å². The Kier molecular flexibility index (Phi) is 5.98. The van der Waals surface area contributed by atoms with Crippen LogP contribution in [0.25, 0.3) is 6.08 Å². The topological polar surface area (TPSA) is 52.9 Å². The number of amides is 1. The Labute approximate surface area is 182 Å². The summed E-state index contributed by atoms with van der Waals surface area (Å²) >= 11 is 0. The van der Waals surface area contributed by atoms with Crippen molar-refractivity contribution < 1.29 is 19.0 Å². The van der Waals surface area contributed by atoms with Gasteiger partial charge in [-0.1, -0.05) is 30.3 Å². The maximum Gasteiger partial charge on any atom is 0.247 e. The molecule has 0 saturated heterocycles. The van der Waals surface area contributed by atoms with Crippen LogP contribution >= 0.6 is 0 Å². The van der Waals surface area contributed by atoms with Crippen molar-refractivity contribution in [1.82, 2.24) is 9.47 Å². The second-order valence-electron chi connectivity index (χ2n) is 7.25. The van der Waals surface area contributed by atoms with E-state index in [0.717, 1.165) is 23.4 Å². The Bertz CT molecular complexity index is 1090. The fraction of sp³-hybridized carbons (Fsp3) is 0.240. The third-order valence-electron chi connectivity index (χ3n) is 5.58. The maximum atomic E-state index is 13.3. The maximum absolute atomic E-state index is 13.3. The number of benzene rings is 2. The van der Waals surface area contributed by atoms with Gasteiger partial charge in [0.2, 0.25) is 5.91 Å². The van der Waals surface area contributed by atoms with Crippen molar-refractivity contribution in [2.75, 3.05) is 27.9 Å². The highest BCUT2D eigenvalue weighted by Crippen LogP contribution is 2.36. The number of nitrogens with zero attached hydrogens (tertiary/aromatic N) is 2. The molecule has 160 valence electrons. The first-order valence-electron chi connectivity index (χ1n) is 10.1. The van der Waals surface area contributed by atoms with E-state index in [1.165, 1.54) is 0 Å². The van der Waals surface area contributed by atoms with Gasteiger partial charge in [0.25, 0.3) is 0 Å². The fourth-order valence-electron chi connectivity index (χ4n) is 4.05. The number of fused-ring (bicyclic) bond motifs is 1. The van der Waals surface area contributed by atoms with Crippen LogP contribution in [0.2, 0.25) is 0 Å². The van der Waals surface area contributed by atoms with Crippen molar-refractivity contribution in [3.8, 4) is 17.2 Å². The summed E-state index contributed by atoms with van der Waals surface area (Å²) in [5, 5.41) is 0. The molecule has 0 bridgehead atoms. The first kappa shape index (κ1) is 20.6. The molecule has 0 spiro atoms. The van der Waals surface area contributed by atoms with Crippen molar-refractivity contribution in [3.05, 3.63) is 83.7 Å². The molecule has 4 rings (SSSR count). The van der Waals surface area contributed by atoms with Crippen LogP contribution in [0.3, 0.4) is 0 Å². The summed E-state index contributed by atoms with van der Waals surface area (Å²) in [6.07, 6.45) is 5.43. The number of hydrogen-bond donors (Lipinski definition) is 0. The molecular formula is C25H26N2O4. The molecule has 1 aromatic heterocycles. The van der Waals surface area contributed by atoms with Gasteiger partial charge in [0.05, 0.1) is 27.4 Å². The standard InChI is InChI=1S/C25H26N2O4/c1-29-21-17-23(31-3)22(30-2)16-19(21)11-12-24(28)27-15-14-26-13-7-10-20(26)25(27)18-8-5-4-6-9-18/h4-13,16-17,25H,14-15H2,1-3H3/b12-11+/t25-/m1/s1. The highest BCUT2D eigenvalue weighted by atomic mass is 16.5. The zero-order valence-corrected chi connectivity index (χ0v) is 17.9. The molecule has 0 fully saturated rings. The first-order valence-corrected chi connectivity index (χ1v) is 10.1. The zero-order chi connectivity index (χ0) is 21.8. The van der Waals surface area contributed by atoms with E-state index in [1.54, 1.807) is 45.6 Å². The second kappa shape index (κ2) is 9.00. The molecule has 0 N–H and O–H groups in total. The summed E-state index contributed by atoms with van der Waals surface area (Å²) in [6.45, 7) is 1.40. The van der Waals surface area contributed by atoms with Gasteiger partial charge in [-0.25, -0.2) is 0 Å². The van der Waals surface area contributed by atoms with Crippen LogP contribution in [0.4, 0.5) is 0 Å². The minimum atomic E-state index is -0.130. The van der Waals surface area contributed by atoms with Gasteiger partial charge in [0.1, 0.15) is 5.75 Å². The summed E-state index contributed by atoms with van der Waals surface area (Å²) in [7, 11) is 4.74. The highest BCUT2D eigenvalue weighted by molar-refractivity contribution is 5.93. The molecule has 0 unspecified atom stereocenters. The van der Waals surface area contributed by atoms with Crippen LogP contribution in [-0.4, -0.2) is 43.2 Å². The Balaban J connectivity index is 1.66. The number of carbonyl (C=O) groups is 1. The largest absolute Gasteiger partial charge is 0.496 e. The van der Waals surface area contributed by atoms with Crippen LogP contribution in [0.15, 0.2) is 66.9 Å². The minimum absolute atomic E-state index is 0.0573. The third-order valence-corrected chi connectivity index (χ3v) is 5.58. The average Bonchev–Trinajstić information content (AvgIpc) is 3.30. The summed E-state index contributed by atoms with van der Waals surface area (Å²) < 4.78 is 18.4. The lowest BCUT2D eigenvalue weighted by atomic mass is 9.99. The van der Waals surface area contributed by atoms with Crippen molar-refractivity contribution >= 4 is 12.0 Å². The smallest absolute Gasteiger partial charge is 0.247 e. The molecule has 0 aliphatic carbocycles. The predicted octanol–water partition coefficient (Wildman–Crippen LogP) is 4.16. The van der Waals surface area contributed by atoms with Crippen LogP contribution < -0.4 is 14.2 Å². The molecule has 31 heavy (non-hydrogen) atoms. The van der Waals surface area contributed by atoms with Gasteiger partial charge in [0, 0.05) is 42.7 Å². The summed E-state index contributed by atoms with van der Waals surface area (Å²) in [5.74, 6) is 1.70. The number of hydrogen-bond acceptors (Lipinski definition) is 4. The van der Waals surface area contributed by atoms with Gasteiger partial charge < -0.3 is 23.7 Å². The lowest BCUT2D eigenvalue weighted by Gasteiger charge is -2.36. The third kappa shape index (κ3) is 4.01. The van der Waals surface area contributed by atoms with Crippen molar-refractivity contribution in [3.63, 3.8) is 0 Å². The molecule has 6 nitrogen and oxygen atoms in total. The first-order chi connectivity index (χ1) is 15.2. The van der Waals surface area contributed by atoms with E-state index in [4.69, 9.17) is 14.2 Å². The van der Waals surface area contributed by atoms with Gasteiger partial charge in [-0.2, -0.15) is 0 Å². The average molecular weight is 418 g/mol. The number of rotatable bonds is 6. The van der Waals surface area contributed by atoms with Gasteiger partial charge in [-0.05, 0) is 29.8 Å². The molecule has 2 aromatic carbocycles. The number of methoxy groups -OCH3 is 3. The fourth-order valence-corrected chi connectivity index (χ4v) is 4.05. The molecule has 1 aliphatic rings. The molecule has 1 amide bonds. The van der Waals surface area contributed by atoms with Crippen LogP contribution in [0, 0.1) is 0 Å². The van der Waals surface area contributed by atoms with Crippen molar-refractivity contribution in [2.45, 2.75) is 12.6 Å². The van der Waals surface area contributed by atoms with E-state index in [2.05, 4.69) is 29.0 Å². The van der Waals surface area contributed by atoms with Gasteiger partial charge >= 0.3 is 0 Å². The Morgan fingerprint density at radius 2 is 1.61 bits per heavy atom. The van der Waals surface area contributed by atoms with Crippen LogP contribution in [0.1, 0.15) is 22.9 Å². The van der Waals surface area contributed by atoms with Crippen molar-refractivity contribution in [1.29, 1.82) is 0 Å². The van der Waals surface area contributed by atoms with E-state index >= 15 is 0 Å². The predicted molar refractivity (Wildman–Crippen MR) is 120 cm³/mol. The number of ether oxygens (including phenoxy) is 3. The van der Waals surface area contributed by atoms with Gasteiger partial charge in [-0.15, -0.1) is 0 Å². The number of aromatic nitrogens is 1. The SMILES string of the molecule is COc1cc(OC)c(OC)cc1/C=C/C(=O)N1CCn2cccc2[C@H]1c1ccccc1. The molecule has 0 saturated carbocycles. The highest BCUT2D eigenvalue weighted by Gasteiger charge is 2.31. The van der Waals surface area contributed by atoms with Gasteiger partial charge in [0.15, 0.2) is 11.5 Å². The molecule has 1 aliphatic heterocycles. The molecule has 0 radical (unpaired) electrons. The quantitative estimate of drug-likeness (QED) is 0.564. The molecule has 1 atom stereocenters. The van der Waals surface area contributed by atoms with Crippen LogP contribution in [0.5, 0.6) is 17.2 Å².